The van der Waals surface area contributed by atoms with Gasteiger partial charge in [-0.3, -0.25) is 0 Å². The van der Waals surface area contributed by atoms with Gasteiger partial charge in [0, 0.05) is 20.2 Å². The fourth-order valence-corrected chi connectivity index (χ4v) is 1.94. The lowest BCUT2D eigenvalue weighted by Gasteiger charge is -2.09. The highest BCUT2D eigenvalue weighted by atomic mass is 19.1. The second-order valence-corrected chi connectivity index (χ2v) is 4.64. The number of halogens is 2. The van der Waals surface area contributed by atoms with Gasteiger partial charge in [0.25, 0.3) is 0 Å². The summed E-state index contributed by atoms with van der Waals surface area (Å²) >= 11 is 0. The third-order valence-corrected chi connectivity index (χ3v) is 2.98. The number of benzene rings is 1. The topological polar surface area (TPSA) is 44.8 Å². The smallest absolute Gasteiger partial charge is 0.180 e. The molecule has 0 radical (unpaired) electrons. The van der Waals surface area contributed by atoms with Crippen LogP contribution < -0.4 is 4.90 Å². The molecule has 1 N–H and O–H groups in total. The molecule has 6 heteroatoms. The Morgan fingerprint density at radius 1 is 1.05 bits per heavy atom. The molecule has 0 fully saturated rings. The minimum Gasteiger partial charge on any atom is -0.363 e. The molecule has 0 aliphatic carbocycles. The van der Waals surface area contributed by atoms with Gasteiger partial charge in [-0.25, -0.2) is 18.7 Å². The fourth-order valence-electron chi connectivity index (χ4n) is 1.94. The quantitative estimate of drug-likeness (QED) is 0.781. The lowest BCUT2D eigenvalue weighted by Crippen LogP contribution is -2.10. The van der Waals surface area contributed by atoms with Crippen molar-refractivity contribution in [3.05, 3.63) is 42.0 Å². The molecule has 3 aromatic rings. The number of imidazole rings is 1. The number of nitrogens with one attached hydrogen (secondary N) is 1. The molecule has 102 valence electrons. The Hall–Kier alpha value is -2.50. The predicted molar refractivity (Wildman–Crippen MR) is 73.6 cm³/mol. The van der Waals surface area contributed by atoms with E-state index in [0.717, 1.165) is 11.9 Å². The van der Waals surface area contributed by atoms with Gasteiger partial charge in [-0.15, -0.1) is 0 Å². The van der Waals surface area contributed by atoms with Crippen LogP contribution in [0.1, 0.15) is 0 Å². The standard InChI is InChI=1S/C14H12F2N4/c1-20(2)12-6-5-11-14(18-12)19-13(17-11)9-4-3-8(15)7-10(9)16/h3-7H,1-2H3,(H,17,18,19). The first-order valence-corrected chi connectivity index (χ1v) is 6.04. The summed E-state index contributed by atoms with van der Waals surface area (Å²) in [6, 6.07) is 7.06. The molecular weight excluding hydrogens is 262 g/mol. The van der Waals surface area contributed by atoms with Crippen LogP contribution in [0.5, 0.6) is 0 Å². The van der Waals surface area contributed by atoms with Crippen molar-refractivity contribution in [1.29, 1.82) is 0 Å². The van der Waals surface area contributed by atoms with Crippen LogP contribution in [0.25, 0.3) is 22.6 Å². The number of H-pyrrole nitrogens is 1. The minimum atomic E-state index is -0.656. The predicted octanol–water partition coefficient (Wildman–Crippen LogP) is 2.97. The van der Waals surface area contributed by atoms with E-state index in [2.05, 4.69) is 15.0 Å². The molecular formula is C14H12F2N4. The Labute approximate surface area is 114 Å². The van der Waals surface area contributed by atoms with Gasteiger partial charge in [-0.1, -0.05) is 0 Å². The molecule has 1 aromatic carbocycles. The number of pyridine rings is 1. The second-order valence-electron chi connectivity index (χ2n) is 4.64. The summed E-state index contributed by atoms with van der Waals surface area (Å²) < 4.78 is 26.7. The Balaban J connectivity index is 2.13. The second kappa shape index (κ2) is 4.56. The zero-order valence-corrected chi connectivity index (χ0v) is 11.0. The number of hydrogen-bond acceptors (Lipinski definition) is 3. The first-order valence-electron chi connectivity index (χ1n) is 6.04. The molecule has 2 aromatic heterocycles. The van der Waals surface area contributed by atoms with Crippen LogP contribution in [0, 0.1) is 11.6 Å². The monoisotopic (exact) mass is 274 g/mol. The highest BCUT2D eigenvalue weighted by Crippen LogP contribution is 2.24. The van der Waals surface area contributed by atoms with Gasteiger partial charge < -0.3 is 9.88 Å². The molecule has 0 aliphatic heterocycles. The molecule has 4 nitrogen and oxygen atoms in total. The lowest BCUT2D eigenvalue weighted by molar-refractivity contribution is 0.585. The van der Waals surface area contributed by atoms with E-state index in [4.69, 9.17) is 0 Å². The third-order valence-electron chi connectivity index (χ3n) is 2.98. The van der Waals surface area contributed by atoms with Crippen LogP contribution in [-0.4, -0.2) is 29.0 Å². The lowest BCUT2D eigenvalue weighted by atomic mass is 10.2. The molecule has 0 saturated carbocycles. The number of nitrogens with zero attached hydrogens (tertiary/aromatic N) is 3. The van der Waals surface area contributed by atoms with Crippen molar-refractivity contribution in [2.75, 3.05) is 19.0 Å². The van der Waals surface area contributed by atoms with Crippen molar-refractivity contribution in [2.24, 2.45) is 0 Å². The zero-order chi connectivity index (χ0) is 14.3. The summed E-state index contributed by atoms with van der Waals surface area (Å²) in [5.41, 5.74) is 1.42. The third kappa shape index (κ3) is 2.09. The van der Waals surface area contributed by atoms with Crippen molar-refractivity contribution < 1.29 is 8.78 Å². The van der Waals surface area contributed by atoms with Crippen LogP contribution in [0.15, 0.2) is 30.3 Å². The van der Waals surface area contributed by atoms with Crippen molar-refractivity contribution in [3.63, 3.8) is 0 Å². The van der Waals surface area contributed by atoms with Gasteiger partial charge in [-0.05, 0) is 24.3 Å². The maximum atomic E-state index is 13.7. The maximum absolute atomic E-state index is 13.7. The van der Waals surface area contributed by atoms with Gasteiger partial charge in [0.05, 0.1) is 11.1 Å². The molecule has 0 spiro atoms. The van der Waals surface area contributed by atoms with Crippen molar-refractivity contribution in [3.8, 4) is 11.4 Å². The average molecular weight is 274 g/mol. The number of rotatable bonds is 2. The van der Waals surface area contributed by atoms with Gasteiger partial charge in [-0.2, -0.15) is 0 Å². The van der Waals surface area contributed by atoms with Crippen LogP contribution in [-0.2, 0) is 0 Å². The van der Waals surface area contributed by atoms with E-state index in [0.29, 0.717) is 17.0 Å². The normalized spacial score (nSPS) is 11.0. The van der Waals surface area contributed by atoms with Gasteiger partial charge >= 0.3 is 0 Å². The fraction of sp³-hybridized carbons (Fsp3) is 0.143. The Bertz CT molecular complexity index is 780. The van der Waals surface area contributed by atoms with E-state index in [-0.39, 0.29) is 5.56 Å². The molecule has 0 aliphatic rings. The van der Waals surface area contributed by atoms with Crippen LogP contribution >= 0.6 is 0 Å². The van der Waals surface area contributed by atoms with Crippen LogP contribution in [0.3, 0.4) is 0 Å². The van der Waals surface area contributed by atoms with Gasteiger partial charge in [0.1, 0.15) is 23.3 Å². The summed E-state index contributed by atoms with van der Waals surface area (Å²) in [4.78, 5) is 13.5. The number of anilines is 1. The summed E-state index contributed by atoms with van der Waals surface area (Å²) in [5.74, 6) is -0.177. The summed E-state index contributed by atoms with van der Waals surface area (Å²) in [6.07, 6.45) is 0. The summed E-state index contributed by atoms with van der Waals surface area (Å²) in [6.45, 7) is 0. The number of fused-ring (bicyclic) bond motifs is 1. The Kier molecular flexibility index (Phi) is 2.85. The first-order chi connectivity index (χ1) is 9.54. The highest BCUT2D eigenvalue weighted by Gasteiger charge is 2.12. The van der Waals surface area contributed by atoms with Crippen molar-refractivity contribution in [1.82, 2.24) is 15.0 Å². The molecule has 0 amide bonds. The zero-order valence-electron chi connectivity index (χ0n) is 11.0. The molecule has 0 saturated heterocycles. The van der Waals surface area contributed by atoms with Gasteiger partial charge in [0.2, 0.25) is 0 Å². The SMILES string of the molecule is CN(C)c1ccc2[nH]c(-c3ccc(F)cc3F)nc2n1. The van der Waals surface area contributed by atoms with Gasteiger partial charge in [0.15, 0.2) is 5.65 Å². The van der Waals surface area contributed by atoms with E-state index in [9.17, 15) is 8.78 Å². The van der Waals surface area contributed by atoms with Crippen molar-refractivity contribution >= 4 is 17.0 Å². The molecule has 20 heavy (non-hydrogen) atoms. The number of aromatic amines is 1. The Morgan fingerprint density at radius 2 is 1.85 bits per heavy atom. The van der Waals surface area contributed by atoms with Crippen LogP contribution in [0.2, 0.25) is 0 Å². The van der Waals surface area contributed by atoms with Crippen LogP contribution in [0.4, 0.5) is 14.6 Å². The summed E-state index contributed by atoms with van der Waals surface area (Å²) in [7, 11) is 3.75. The maximum Gasteiger partial charge on any atom is 0.180 e. The van der Waals surface area contributed by atoms with E-state index < -0.39 is 11.6 Å². The van der Waals surface area contributed by atoms with Crippen molar-refractivity contribution in [2.45, 2.75) is 0 Å². The first kappa shape index (κ1) is 12.5. The van der Waals surface area contributed by atoms with E-state index in [1.165, 1.54) is 12.1 Å². The number of hydrogen-bond donors (Lipinski definition) is 1. The van der Waals surface area contributed by atoms with E-state index >= 15 is 0 Å². The molecule has 0 atom stereocenters. The molecule has 2 heterocycles. The summed E-state index contributed by atoms with van der Waals surface area (Å²) in [5, 5.41) is 0. The van der Waals surface area contributed by atoms with E-state index in [1.54, 1.807) is 0 Å². The largest absolute Gasteiger partial charge is 0.363 e. The Morgan fingerprint density at radius 3 is 2.55 bits per heavy atom. The molecule has 3 rings (SSSR count). The molecule has 0 unspecified atom stereocenters. The number of aromatic nitrogens is 3. The minimum absolute atomic E-state index is 0.218. The highest BCUT2D eigenvalue weighted by molar-refractivity contribution is 5.77. The average Bonchev–Trinajstić information content (AvgIpc) is 2.80. The molecule has 0 bridgehead atoms. The van der Waals surface area contributed by atoms with E-state index in [1.807, 2.05) is 31.1 Å².